The number of ether oxygens (including phenoxy) is 1. The van der Waals surface area contributed by atoms with Crippen LogP contribution in [0.2, 0.25) is 0 Å². The first kappa shape index (κ1) is 17.4. The molecule has 0 atom stereocenters. The molecule has 0 fully saturated rings. The Bertz CT molecular complexity index is 768. The third kappa shape index (κ3) is 4.76. The van der Waals surface area contributed by atoms with Crippen molar-refractivity contribution in [3.63, 3.8) is 0 Å². The first-order valence-corrected chi connectivity index (χ1v) is 7.37. The molecule has 0 aliphatic rings. The Hall–Kier alpha value is -2.99. The smallest absolute Gasteiger partial charge is 0.407 e. The third-order valence-corrected chi connectivity index (χ3v) is 2.97. The molecule has 0 saturated carbocycles. The molecule has 126 valence electrons. The number of nitrogens with zero attached hydrogens (tertiary/aromatic N) is 4. The van der Waals surface area contributed by atoms with Crippen molar-refractivity contribution < 1.29 is 13.9 Å². The van der Waals surface area contributed by atoms with E-state index in [1.165, 1.54) is 0 Å². The number of carbonyl (C=O) groups is 1. The lowest BCUT2D eigenvalue weighted by Gasteiger charge is -2.19. The highest BCUT2D eigenvalue weighted by Gasteiger charge is 2.17. The van der Waals surface area contributed by atoms with Gasteiger partial charge < -0.3 is 14.5 Å². The molecule has 0 bridgehead atoms. The SMILES string of the molecule is Cc1oc(-c2ccc(N=[N+]=[N-])cc2)nc1CNC(=O)OC(C)(C)C. The van der Waals surface area contributed by atoms with Crippen molar-refractivity contribution >= 4 is 11.8 Å². The number of benzene rings is 1. The normalized spacial score (nSPS) is 10.8. The minimum Gasteiger partial charge on any atom is -0.444 e. The molecule has 0 saturated heterocycles. The summed E-state index contributed by atoms with van der Waals surface area (Å²) in [5.41, 5.74) is 9.73. The summed E-state index contributed by atoms with van der Waals surface area (Å²) in [4.78, 5) is 18.8. The van der Waals surface area contributed by atoms with E-state index < -0.39 is 11.7 Å². The van der Waals surface area contributed by atoms with Crippen molar-refractivity contribution in [3.05, 3.63) is 46.2 Å². The predicted octanol–water partition coefficient (Wildman–Crippen LogP) is 4.62. The number of carbonyl (C=O) groups excluding carboxylic acids is 1. The minimum absolute atomic E-state index is 0.209. The topological polar surface area (TPSA) is 113 Å². The average Bonchev–Trinajstić information content (AvgIpc) is 2.86. The molecule has 1 aromatic heterocycles. The van der Waals surface area contributed by atoms with Gasteiger partial charge >= 0.3 is 6.09 Å². The van der Waals surface area contributed by atoms with Crippen LogP contribution < -0.4 is 5.32 Å². The zero-order valence-electron chi connectivity index (χ0n) is 14.0. The van der Waals surface area contributed by atoms with E-state index >= 15 is 0 Å². The first-order valence-electron chi connectivity index (χ1n) is 7.37. The summed E-state index contributed by atoms with van der Waals surface area (Å²) in [6.07, 6.45) is -0.509. The van der Waals surface area contributed by atoms with Crippen molar-refractivity contribution in [2.45, 2.75) is 39.8 Å². The molecule has 0 aliphatic heterocycles. The van der Waals surface area contributed by atoms with E-state index in [1.807, 2.05) is 0 Å². The summed E-state index contributed by atoms with van der Waals surface area (Å²) in [6.45, 7) is 7.38. The molecular formula is C16H19N5O3. The number of aromatic nitrogens is 1. The molecule has 2 rings (SSSR count). The summed E-state index contributed by atoms with van der Waals surface area (Å²) in [6, 6.07) is 6.85. The maximum absolute atomic E-state index is 11.7. The number of hydrogen-bond donors (Lipinski definition) is 1. The maximum atomic E-state index is 11.7. The van der Waals surface area contributed by atoms with Crippen molar-refractivity contribution in [2.24, 2.45) is 5.11 Å². The maximum Gasteiger partial charge on any atom is 0.407 e. The number of azide groups is 1. The Labute approximate surface area is 139 Å². The summed E-state index contributed by atoms with van der Waals surface area (Å²) < 4.78 is 10.8. The van der Waals surface area contributed by atoms with Crippen molar-refractivity contribution in [1.82, 2.24) is 10.3 Å². The van der Waals surface area contributed by atoms with Gasteiger partial charge in [0.25, 0.3) is 0 Å². The summed E-state index contributed by atoms with van der Waals surface area (Å²) >= 11 is 0. The van der Waals surface area contributed by atoms with E-state index in [2.05, 4.69) is 20.3 Å². The molecule has 2 aromatic rings. The average molecular weight is 329 g/mol. The lowest BCUT2D eigenvalue weighted by atomic mass is 10.2. The Balaban J connectivity index is 2.07. The zero-order valence-corrected chi connectivity index (χ0v) is 14.0. The molecule has 8 nitrogen and oxygen atoms in total. The molecule has 8 heteroatoms. The number of amides is 1. The molecule has 0 spiro atoms. The van der Waals surface area contributed by atoms with Gasteiger partial charge in [-0.1, -0.05) is 17.2 Å². The standard InChI is InChI=1S/C16H19N5O3/c1-10-13(9-18-15(22)24-16(2,3)4)19-14(23-10)11-5-7-12(8-6-11)20-21-17/h5-8H,9H2,1-4H3,(H,18,22). The van der Waals surface area contributed by atoms with Crippen LogP contribution in [0.4, 0.5) is 10.5 Å². The number of hydrogen-bond acceptors (Lipinski definition) is 5. The van der Waals surface area contributed by atoms with Crippen molar-refractivity contribution in [2.75, 3.05) is 0 Å². The van der Waals surface area contributed by atoms with Gasteiger partial charge in [-0.15, -0.1) is 0 Å². The van der Waals surface area contributed by atoms with E-state index in [4.69, 9.17) is 14.7 Å². The van der Waals surface area contributed by atoms with Crippen LogP contribution in [0.3, 0.4) is 0 Å². The summed E-state index contributed by atoms with van der Waals surface area (Å²) in [5, 5.41) is 6.16. The van der Waals surface area contributed by atoms with Gasteiger partial charge in [-0.25, -0.2) is 9.78 Å². The fourth-order valence-electron chi connectivity index (χ4n) is 1.91. The number of oxazole rings is 1. The van der Waals surface area contributed by atoms with Crippen LogP contribution in [0.5, 0.6) is 0 Å². The minimum atomic E-state index is -0.554. The predicted molar refractivity (Wildman–Crippen MR) is 88.6 cm³/mol. The molecule has 1 aromatic carbocycles. The van der Waals surface area contributed by atoms with Crippen LogP contribution in [0.25, 0.3) is 21.9 Å². The second-order valence-electron chi connectivity index (χ2n) is 6.11. The Morgan fingerprint density at radius 3 is 2.62 bits per heavy atom. The third-order valence-electron chi connectivity index (χ3n) is 2.97. The van der Waals surface area contributed by atoms with Crippen LogP contribution in [0.15, 0.2) is 33.8 Å². The van der Waals surface area contributed by atoms with Gasteiger partial charge in [0.2, 0.25) is 5.89 Å². The molecular weight excluding hydrogens is 310 g/mol. The van der Waals surface area contributed by atoms with Crippen LogP contribution in [0, 0.1) is 6.92 Å². The van der Waals surface area contributed by atoms with E-state index in [9.17, 15) is 4.79 Å². The molecule has 1 amide bonds. The molecule has 0 unspecified atom stereocenters. The summed E-state index contributed by atoms with van der Waals surface area (Å²) in [5.74, 6) is 1.04. The van der Waals surface area contributed by atoms with Gasteiger partial charge in [0, 0.05) is 16.2 Å². The van der Waals surface area contributed by atoms with E-state index in [-0.39, 0.29) is 6.54 Å². The van der Waals surface area contributed by atoms with Gasteiger partial charge in [-0.2, -0.15) is 0 Å². The fraction of sp³-hybridized carbons (Fsp3) is 0.375. The molecule has 1 N–H and O–H groups in total. The van der Waals surface area contributed by atoms with Crippen LogP contribution >= 0.6 is 0 Å². The van der Waals surface area contributed by atoms with Gasteiger partial charge in [0.15, 0.2) is 0 Å². The number of aryl methyl sites for hydroxylation is 1. The largest absolute Gasteiger partial charge is 0.444 e. The number of alkyl carbamates (subject to hydrolysis) is 1. The first-order chi connectivity index (χ1) is 11.3. The highest BCUT2D eigenvalue weighted by atomic mass is 16.6. The second kappa shape index (κ2) is 7.06. The zero-order chi connectivity index (χ0) is 17.7. The lowest BCUT2D eigenvalue weighted by Crippen LogP contribution is -2.32. The Morgan fingerprint density at radius 1 is 1.38 bits per heavy atom. The van der Waals surface area contributed by atoms with Crippen LogP contribution in [-0.2, 0) is 11.3 Å². The van der Waals surface area contributed by atoms with E-state index in [0.717, 1.165) is 5.56 Å². The highest BCUT2D eigenvalue weighted by molar-refractivity contribution is 5.67. The monoisotopic (exact) mass is 329 g/mol. The van der Waals surface area contributed by atoms with Crippen LogP contribution in [0.1, 0.15) is 32.2 Å². The van der Waals surface area contributed by atoms with Crippen molar-refractivity contribution in [3.8, 4) is 11.5 Å². The fourth-order valence-corrected chi connectivity index (χ4v) is 1.91. The van der Waals surface area contributed by atoms with Gasteiger partial charge in [0.1, 0.15) is 17.1 Å². The quantitative estimate of drug-likeness (QED) is 0.501. The van der Waals surface area contributed by atoms with Crippen molar-refractivity contribution in [1.29, 1.82) is 0 Å². The summed E-state index contributed by atoms with van der Waals surface area (Å²) in [7, 11) is 0. The van der Waals surface area contributed by atoms with E-state index in [0.29, 0.717) is 23.0 Å². The molecule has 0 radical (unpaired) electrons. The lowest BCUT2D eigenvalue weighted by molar-refractivity contribution is 0.0523. The number of rotatable bonds is 4. The van der Waals surface area contributed by atoms with Crippen LogP contribution in [-0.4, -0.2) is 16.7 Å². The Morgan fingerprint density at radius 2 is 2.04 bits per heavy atom. The van der Waals surface area contributed by atoms with E-state index in [1.54, 1.807) is 52.0 Å². The Kier molecular flexibility index (Phi) is 5.11. The number of nitrogens with one attached hydrogen (secondary N) is 1. The molecule has 0 aliphatic carbocycles. The highest BCUT2D eigenvalue weighted by Crippen LogP contribution is 2.24. The van der Waals surface area contributed by atoms with Gasteiger partial charge in [-0.3, -0.25) is 0 Å². The molecule has 24 heavy (non-hydrogen) atoms. The molecule has 1 heterocycles. The second-order valence-corrected chi connectivity index (χ2v) is 6.11. The van der Waals surface area contributed by atoms with Gasteiger partial charge in [-0.05, 0) is 45.4 Å². The van der Waals surface area contributed by atoms with Gasteiger partial charge in [0.05, 0.1) is 6.54 Å².